The van der Waals surface area contributed by atoms with Gasteiger partial charge in [0.1, 0.15) is 22.5 Å². The van der Waals surface area contributed by atoms with Crippen LogP contribution in [0, 0.1) is 17.2 Å². The van der Waals surface area contributed by atoms with E-state index in [9.17, 15) is 10.1 Å². The van der Waals surface area contributed by atoms with Crippen molar-refractivity contribution in [3.63, 3.8) is 0 Å². The second kappa shape index (κ2) is 6.82. The van der Waals surface area contributed by atoms with Gasteiger partial charge in [-0.2, -0.15) is 5.26 Å². The number of nitrogens with one attached hydrogen (secondary N) is 1. The standard InChI is InChI=1S/C18H22N6OS/c1-18(11-19,13-2-3-13)22-15(25)10-23-5-7-24(8-6-23)16-14-4-9-26-17(14)21-12-20-16/h4,9,12-13H,2-3,5-8,10H2,1H3,(H,22,25). The van der Waals surface area contributed by atoms with Crippen LogP contribution in [0.4, 0.5) is 5.82 Å². The first-order chi connectivity index (χ1) is 12.6. The molecule has 0 aromatic carbocycles. The van der Waals surface area contributed by atoms with Crippen molar-refractivity contribution >= 4 is 33.3 Å². The molecule has 2 aliphatic rings. The first kappa shape index (κ1) is 17.2. The molecule has 8 heteroatoms. The van der Waals surface area contributed by atoms with E-state index in [1.165, 1.54) is 0 Å². The number of nitriles is 1. The molecule has 0 radical (unpaired) electrons. The molecule has 0 bridgehead atoms. The van der Waals surface area contributed by atoms with Crippen LogP contribution in [0.25, 0.3) is 10.2 Å². The van der Waals surface area contributed by atoms with Gasteiger partial charge < -0.3 is 10.2 Å². The fourth-order valence-corrected chi connectivity index (χ4v) is 4.29. The van der Waals surface area contributed by atoms with E-state index in [-0.39, 0.29) is 5.91 Å². The SMILES string of the molecule is CC(C#N)(NC(=O)CN1CCN(c2ncnc3sccc23)CC1)C1CC1. The van der Waals surface area contributed by atoms with Crippen LogP contribution in [0.5, 0.6) is 0 Å². The van der Waals surface area contributed by atoms with E-state index in [1.807, 2.05) is 12.3 Å². The minimum atomic E-state index is -0.718. The topological polar surface area (TPSA) is 85.2 Å². The predicted octanol–water partition coefficient (Wildman–Crippen LogP) is 1.62. The van der Waals surface area contributed by atoms with Gasteiger partial charge in [-0.3, -0.25) is 9.69 Å². The zero-order chi connectivity index (χ0) is 18.1. The minimum Gasteiger partial charge on any atom is -0.353 e. The van der Waals surface area contributed by atoms with Crippen molar-refractivity contribution < 1.29 is 4.79 Å². The molecule has 4 rings (SSSR count). The average molecular weight is 370 g/mol. The third-order valence-corrected chi connectivity index (χ3v) is 6.13. The van der Waals surface area contributed by atoms with Crippen LogP contribution in [-0.4, -0.2) is 59.0 Å². The van der Waals surface area contributed by atoms with Gasteiger partial charge in [-0.1, -0.05) is 0 Å². The fraction of sp³-hybridized carbons (Fsp3) is 0.556. The zero-order valence-corrected chi connectivity index (χ0v) is 15.6. The zero-order valence-electron chi connectivity index (χ0n) is 14.8. The van der Waals surface area contributed by atoms with Crippen LogP contribution in [0.1, 0.15) is 19.8 Å². The predicted molar refractivity (Wildman–Crippen MR) is 101 cm³/mol. The van der Waals surface area contributed by atoms with E-state index in [1.54, 1.807) is 17.7 Å². The maximum absolute atomic E-state index is 12.4. The monoisotopic (exact) mass is 370 g/mol. The Morgan fingerprint density at radius 2 is 2.15 bits per heavy atom. The molecule has 1 atom stereocenters. The van der Waals surface area contributed by atoms with E-state index in [2.05, 4.69) is 37.2 Å². The van der Waals surface area contributed by atoms with E-state index >= 15 is 0 Å². The minimum absolute atomic E-state index is 0.0586. The van der Waals surface area contributed by atoms with Crippen LogP contribution >= 0.6 is 11.3 Å². The summed E-state index contributed by atoms with van der Waals surface area (Å²) >= 11 is 1.62. The average Bonchev–Trinajstić information content (AvgIpc) is 3.40. The summed E-state index contributed by atoms with van der Waals surface area (Å²) in [7, 11) is 0. The highest BCUT2D eigenvalue weighted by atomic mass is 32.1. The largest absolute Gasteiger partial charge is 0.353 e. The van der Waals surface area contributed by atoms with Gasteiger partial charge >= 0.3 is 0 Å². The van der Waals surface area contributed by atoms with E-state index in [4.69, 9.17) is 0 Å². The second-order valence-corrected chi connectivity index (χ2v) is 8.13. The molecule has 1 saturated carbocycles. The second-order valence-electron chi connectivity index (χ2n) is 7.24. The summed E-state index contributed by atoms with van der Waals surface area (Å²) in [4.78, 5) is 26.5. The molecule has 1 unspecified atom stereocenters. The van der Waals surface area contributed by atoms with E-state index < -0.39 is 5.54 Å². The van der Waals surface area contributed by atoms with Crippen LogP contribution in [0.2, 0.25) is 0 Å². The smallest absolute Gasteiger partial charge is 0.235 e. The number of aromatic nitrogens is 2. The molecule has 2 aromatic heterocycles. The summed E-state index contributed by atoms with van der Waals surface area (Å²) in [5.41, 5.74) is -0.718. The highest BCUT2D eigenvalue weighted by Gasteiger charge is 2.43. The van der Waals surface area contributed by atoms with Crippen molar-refractivity contribution in [2.45, 2.75) is 25.3 Å². The van der Waals surface area contributed by atoms with Crippen molar-refractivity contribution in [2.75, 3.05) is 37.6 Å². The lowest BCUT2D eigenvalue weighted by molar-refractivity contribution is -0.123. The molecule has 3 heterocycles. The molecular weight excluding hydrogens is 348 g/mol. The van der Waals surface area contributed by atoms with Crippen molar-refractivity contribution in [2.24, 2.45) is 5.92 Å². The number of carbonyl (C=O) groups is 1. The van der Waals surface area contributed by atoms with Gasteiger partial charge in [0, 0.05) is 26.2 Å². The van der Waals surface area contributed by atoms with Gasteiger partial charge in [0.15, 0.2) is 0 Å². The molecule has 1 aliphatic carbocycles. The fourth-order valence-electron chi connectivity index (χ4n) is 3.56. The van der Waals surface area contributed by atoms with Gasteiger partial charge in [0.05, 0.1) is 18.0 Å². The molecule has 7 nitrogen and oxygen atoms in total. The molecule has 26 heavy (non-hydrogen) atoms. The number of hydrogen-bond donors (Lipinski definition) is 1. The third kappa shape index (κ3) is 3.37. The Hall–Kier alpha value is -2.24. The van der Waals surface area contributed by atoms with Crippen LogP contribution in [0.15, 0.2) is 17.8 Å². The van der Waals surface area contributed by atoms with E-state index in [0.717, 1.165) is 55.1 Å². The Morgan fingerprint density at radius 1 is 1.38 bits per heavy atom. The van der Waals surface area contributed by atoms with Crippen molar-refractivity contribution in [1.82, 2.24) is 20.2 Å². The molecule has 136 valence electrons. The quantitative estimate of drug-likeness (QED) is 0.861. The Balaban J connectivity index is 1.33. The number of fused-ring (bicyclic) bond motifs is 1. The molecule has 2 aromatic rings. The summed E-state index contributed by atoms with van der Waals surface area (Å²) in [6.45, 7) is 5.43. The summed E-state index contributed by atoms with van der Waals surface area (Å²) < 4.78 is 0. The summed E-state index contributed by atoms with van der Waals surface area (Å²) in [6, 6.07) is 4.34. The summed E-state index contributed by atoms with van der Waals surface area (Å²) in [5.74, 6) is 1.22. The number of amides is 1. The number of thiophene rings is 1. The van der Waals surface area contributed by atoms with Crippen LogP contribution < -0.4 is 10.2 Å². The van der Waals surface area contributed by atoms with Gasteiger partial charge in [0.2, 0.25) is 5.91 Å². The Labute approximate surface area is 156 Å². The Kier molecular flexibility index (Phi) is 4.51. The van der Waals surface area contributed by atoms with Crippen molar-refractivity contribution in [1.29, 1.82) is 5.26 Å². The number of hydrogen-bond acceptors (Lipinski definition) is 7. The lowest BCUT2D eigenvalue weighted by Crippen LogP contribution is -2.53. The lowest BCUT2D eigenvalue weighted by atomic mass is 9.98. The number of anilines is 1. The normalized spacial score (nSPS) is 20.5. The molecule has 0 spiro atoms. The van der Waals surface area contributed by atoms with Gasteiger partial charge in [-0.05, 0) is 37.1 Å². The van der Waals surface area contributed by atoms with Crippen molar-refractivity contribution in [3.05, 3.63) is 17.8 Å². The molecule has 1 saturated heterocycles. The number of carbonyl (C=O) groups excluding carboxylic acids is 1. The molecule has 1 N–H and O–H groups in total. The molecule has 2 fully saturated rings. The van der Waals surface area contributed by atoms with Gasteiger partial charge in [-0.25, -0.2) is 9.97 Å². The number of piperazine rings is 1. The number of rotatable bonds is 5. The van der Waals surface area contributed by atoms with Crippen LogP contribution in [-0.2, 0) is 4.79 Å². The molecular formula is C18H22N6OS. The Bertz CT molecular complexity index is 849. The Morgan fingerprint density at radius 3 is 2.85 bits per heavy atom. The summed E-state index contributed by atoms with van der Waals surface area (Å²) in [6.07, 6.45) is 3.67. The maximum Gasteiger partial charge on any atom is 0.235 e. The summed E-state index contributed by atoms with van der Waals surface area (Å²) in [5, 5.41) is 15.5. The third-order valence-electron chi connectivity index (χ3n) is 5.30. The first-order valence-corrected chi connectivity index (χ1v) is 9.85. The molecule has 1 amide bonds. The van der Waals surface area contributed by atoms with Gasteiger partial charge in [0.25, 0.3) is 0 Å². The number of nitrogens with zero attached hydrogens (tertiary/aromatic N) is 5. The lowest BCUT2D eigenvalue weighted by Gasteiger charge is -2.35. The molecule has 1 aliphatic heterocycles. The van der Waals surface area contributed by atoms with Crippen LogP contribution in [0.3, 0.4) is 0 Å². The maximum atomic E-state index is 12.4. The van der Waals surface area contributed by atoms with E-state index in [0.29, 0.717) is 12.5 Å². The highest BCUT2D eigenvalue weighted by molar-refractivity contribution is 7.16. The first-order valence-electron chi connectivity index (χ1n) is 8.97. The van der Waals surface area contributed by atoms with Crippen molar-refractivity contribution in [3.8, 4) is 6.07 Å². The highest BCUT2D eigenvalue weighted by Crippen LogP contribution is 2.39. The van der Waals surface area contributed by atoms with Gasteiger partial charge in [-0.15, -0.1) is 11.3 Å².